The highest BCUT2D eigenvalue weighted by Crippen LogP contribution is 2.32. The second-order valence-corrected chi connectivity index (χ2v) is 6.24. The van der Waals surface area contributed by atoms with Gasteiger partial charge in [0.05, 0.1) is 0 Å². The molecule has 1 unspecified atom stereocenters. The molecular weight excluding hydrogens is 270 g/mol. The molecule has 0 aliphatic carbocycles. The number of nitrogens with one attached hydrogen (secondary N) is 1. The number of rotatable bonds is 3. The van der Waals surface area contributed by atoms with Gasteiger partial charge in [-0.2, -0.15) is 0 Å². The second-order valence-electron chi connectivity index (χ2n) is 5.25. The Morgan fingerprint density at radius 1 is 1.21 bits per heavy atom. The lowest BCUT2D eigenvalue weighted by Gasteiger charge is -2.34. The maximum absolute atomic E-state index is 12.5. The lowest BCUT2D eigenvalue weighted by molar-refractivity contribution is 0.150. The van der Waals surface area contributed by atoms with Crippen LogP contribution in [0.25, 0.3) is 0 Å². The topological polar surface area (TPSA) is 41.1 Å². The summed E-state index contributed by atoms with van der Waals surface area (Å²) in [5.74, 6) is 0.723. The minimum atomic E-state index is -2.51. The Morgan fingerprint density at radius 3 is 2.58 bits per heavy atom. The molecule has 3 rings (SSSR count). The third-order valence-corrected chi connectivity index (χ3v) is 5.09. The molecular formula is C12H18F2N4S. The van der Waals surface area contributed by atoms with Gasteiger partial charge in [-0.25, -0.2) is 8.78 Å². The van der Waals surface area contributed by atoms with Crippen LogP contribution in [-0.4, -0.2) is 35.9 Å². The summed E-state index contributed by atoms with van der Waals surface area (Å²) >= 11 is 1.02. The highest BCUT2D eigenvalue weighted by Gasteiger charge is 2.29. The van der Waals surface area contributed by atoms with Crippen LogP contribution in [0.2, 0.25) is 0 Å². The van der Waals surface area contributed by atoms with Crippen molar-refractivity contribution in [2.75, 3.05) is 24.5 Å². The molecule has 2 fully saturated rings. The van der Waals surface area contributed by atoms with Crippen LogP contribution >= 0.6 is 11.3 Å². The highest BCUT2D eigenvalue weighted by atomic mass is 32.1. The normalized spacial score (nSPS) is 25.4. The largest absolute Gasteiger partial charge is 0.347 e. The van der Waals surface area contributed by atoms with Crippen molar-refractivity contribution >= 4 is 16.5 Å². The monoisotopic (exact) mass is 288 g/mol. The Balaban J connectivity index is 1.56. The zero-order valence-corrected chi connectivity index (χ0v) is 11.5. The molecule has 106 valence electrons. The Kier molecular flexibility index (Phi) is 3.93. The van der Waals surface area contributed by atoms with Crippen LogP contribution < -0.4 is 10.2 Å². The summed E-state index contributed by atoms with van der Waals surface area (Å²) in [5, 5.41) is 11.5. The molecule has 0 saturated carbocycles. The van der Waals surface area contributed by atoms with Crippen LogP contribution in [0.1, 0.15) is 37.1 Å². The van der Waals surface area contributed by atoms with Crippen molar-refractivity contribution in [1.29, 1.82) is 0 Å². The van der Waals surface area contributed by atoms with E-state index in [-0.39, 0.29) is 5.01 Å². The number of halogens is 2. The van der Waals surface area contributed by atoms with E-state index >= 15 is 0 Å². The van der Waals surface area contributed by atoms with Gasteiger partial charge >= 0.3 is 0 Å². The van der Waals surface area contributed by atoms with E-state index < -0.39 is 6.43 Å². The molecule has 19 heavy (non-hydrogen) atoms. The number of aromatic nitrogens is 2. The summed E-state index contributed by atoms with van der Waals surface area (Å²) in [4.78, 5) is 2.09. The molecule has 1 atom stereocenters. The van der Waals surface area contributed by atoms with E-state index in [2.05, 4.69) is 20.4 Å². The summed E-state index contributed by atoms with van der Waals surface area (Å²) in [6.45, 7) is 2.94. The molecule has 1 aromatic rings. The Morgan fingerprint density at radius 2 is 2.00 bits per heavy atom. The fraction of sp³-hybridized carbons (Fsp3) is 0.833. The highest BCUT2D eigenvalue weighted by molar-refractivity contribution is 7.15. The van der Waals surface area contributed by atoms with Crippen molar-refractivity contribution in [3.63, 3.8) is 0 Å². The standard InChI is InChI=1S/C12H18F2N4S/c13-10(14)11-16-17-12(19-11)18-6-3-8(4-7-18)9-2-1-5-15-9/h8-10,15H,1-7H2. The zero-order chi connectivity index (χ0) is 13.2. The van der Waals surface area contributed by atoms with Crippen LogP contribution in [0.4, 0.5) is 13.9 Å². The van der Waals surface area contributed by atoms with Crippen molar-refractivity contribution < 1.29 is 8.78 Å². The number of alkyl halides is 2. The summed E-state index contributed by atoms with van der Waals surface area (Å²) < 4.78 is 25.0. The molecule has 3 heterocycles. The average molecular weight is 288 g/mol. The van der Waals surface area contributed by atoms with Gasteiger partial charge in [-0.3, -0.25) is 0 Å². The first-order valence-corrected chi connectivity index (χ1v) is 7.65. The van der Waals surface area contributed by atoms with Crippen molar-refractivity contribution in [1.82, 2.24) is 15.5 Å². The van der Waals surface area contributed by atoms with Crippen molar-refractivity contribution in [2.24, 2.45) is 5.92 Å². The third-order valence-electron chi connectivity index (χ3n) is 4.09. The van der Waals surface area contributed by atoms with Crippen molar-refractivity contribution in [2.45, 2.75) is 38.2 Å². The first-order chi connectivity index (χ1) is 9.24. The fourth-order valence-corrected chi connectivity index (χ4v) is 3.80. The van der Waals surface area contributed by atoms with E-state index in [9.17, 15) is 8.78 Å². The van der Waals surface area contributed by atoms with Gasteiger partial charge in [0.1, 0.15) is 0 Å². The Labute approximate surface area is 115 Å². The Hall–Kier alpha value is -0.820. The lowest BCUT2D eigenvalue weighted by Crippen LogP contribution is -2.40. The molecule has 4 nitrogen and oxygen atoms in total. The minimum absolute atomic E-state index is 0.172. The molecule has 0 amide bonds. The summed E-state index contributed by atoms with van der Waals surface area (Å²) in [7, 11) is 0. The van der Waals surface area contributed by atoms with Gasteiger partial charge in [-0.15, -0.1) is 10.2 Å². The van der Waals surface area contributed by atoms with Gasteiger partial charge in [-0.1, -0.05) is 11.3 Å². The van der Waals surface area contributed by atoms with Crippen LogP contribution in [0, 0.1) is 5.92 Å². The van der Waals surface area contributed by atoms with E-state index in [1.807, 2.05) is 0 Å². The van der Waals surface area contributed by atoms with E-state index in [1.54, 1.807) is 0 Å². The van der Waals surface area contributed by atoms with Gasteiger partial charge in [-0.05, 0) is 38.1 Å². The molecule has 7 heteroatoms. The predicted molar refractivity (Wildman–Crippen MR) is 70.8 cm³/mol. The SMILES string of the molecule is FC(F)c1nnc(N2CCC(C3CCCN3)CC2)s1. The summed E-state index contributed by atoms with van der Waals surface area (Å²) in [6.07, 6.45) is 2.27. The van der Waals surface area contributed by atoms with Gasteiger partial charge in [0.25, 0.3) is 6.43 Å². The van der Waals surface area contributed by atoms with Crippen LogP contribution in [0.3, 0.4) is 0 Å². The quantitative estimate of drug-likeness (QED) is 0.927. The number of nitrogens with zero attached hydrogens (tertiary/aromatic N) is 3. The summed E-state index contributed by atoms with van der Waals surface area (Å²) in [6, 6.07) is 0.660. The van der Waals surface area contributed by atoms with Gasteiger partial charge in [0.15, 0.2) is 5.01 Å². The molecule has 2 aliphatic rings. The number of hydrogen-bond acceptors (Lipinski definition) is 5. The molecule has 1 aromatic heterocycles. The molecule has 0 spiro atoms. The zero-order valence-electron chi connectivity index (χ0n) is 10.7. The maximum Gasteiger partial charge on any atom is 0.291 e. The van der Waals surface area contributed by atoms with E-state index in [0.717, 1.165) is 49.7 Å². The van der Waals surface area contributed by atoms with Crippen molar-refractivity contribution in [3.05, 3.63) is 5.01 Å². The summed E-state index contributed by atoms with van der Waals surface area (Å²) in [5.41, 5.74) is 0. The smallest absolute Gasteiger partial charge is 0.291 e. The van der Waals surface area contributed by atoms with E-state index in [4.69, 9.17) is 0 Å². The molecule has 0 aromatic carbocycles. The molecule has 1 N–H and O–H groups in total. The molecule has 2 saturated heterocycles. The van der Waals surface area contributed by atoms with Gasteiger partial charge in [0.2, 0.25) is 5.13 Å². The average Bonchev–Trinajstić information content (AvgIpc) is 3.11. The van der Waals surface area contributed by atoms with Gasteiger partial charge < -0.3 is 10.2 Å². The first-order valence-electron chi connectivity index (χ1n) is 6.84. The van der Waals surface area contributed by atoms with Crippen molar-refractivity contribution in [3.8, 4) is 0 Å². The lowest BCUT2D eigenvalue weighted by atomic mass is 9.89. The minimum Gasteiger partial charge on any atom is -0.347 e. The second kappa shape index (κ2) is 5.66. The first kappa shape index (κ1) is 13.2. The third kappa shape index (κ3) is 2.86. The maximum atomic E-state index is 12.5. The fourth-order valence-electron chi connectivity index (χ4n) is 3.05. The van der Waals surface area contributed by atoms with Gasteiger partial charge in [0, 0.05) is 19.1 Å². The number of piperidine rings is 1. The number of anilines is 1. The predicted octanol–water partition coefficient (Wildman–Crippen LogP) is 2.44. The van der Waals surface area contributed by atoms with E-state index in [1.165, 1.54) is 12.8 Å². The van der Waals surface area contributed by atoms with Crippen LogP contribution in [0.15, 0.2) is 0 Å². The van der Waals surface area contributed by atoms with E-state index in [0.29, 0.717) is 11.2 Å². The Bertz CT molecular complexity index is 412. The molecule has 0 bridgehead atoms. The molecule has 2 aliphatic heterocycles. The van der Waals surface area contributed by atoms with Crippen LogP contribution in [0.5, 0.6) is 0 Å². The number of hydrogen-bond donors (Lipinski definition) is 1. The molecule has 0 radical (unpaired) electrons. The van der Waals surface area contributed by atoms with Crippen LogP contribution in [-0.2, 0) is 0 Å².